The van der Waals surface area contributed by atoms with Gasteiger partial charge in [0.15, 0.2) is 18.6 Å². The summed E-state index contributed by atoms with van der Waals surface area (Å²) in [5.74, 6) is -0.244. The quantitative estimate of drug-likeness (QED) is 0.109. The lowest BCUT2D eigenvalue weighted by Gasteiger charge is -2.25. The molecule has 1 fully saturated rings. The molecule has 1 heterocycles. The van der Waals surface area contributed by atoms with Gasteiger partial charge in [0.2, 0.25) is 0 Å². The van der Waals surface area contributed by atoms with Gasteiger partial charge >= 0.3 is 0 Å². The first kappa shape index (κ1) is 41.3. The Hall–Kier alpha value is -3.44. The lowest BCUT2D eigenvalue weighted by atomic mass is 10.0. The van der Waals surface area contributed by atoms with E-state index in [4.69, 9.17) is 18.9 Å². The number of aryl methyl sites for hydroxylation is 4. The third-order valence-corrected chi connectivity index (χ3v) is 10.1. The number of aliphatic hydroxyl groups excluding tert-OH is 1. The average molecular weight is 735 g/mol. The number of benzene rings is 4. The highest BCUT2D eigenvalue weighted by Crippen LogP contribution is 2.37. The molecule has 4 aromatic carbocycles. The van der Waals surface area contributed by atoms with Crippen LogP contribution in [0.5, 0.6) is 0 Å². The first-order chi connectivity index (χ1) is 25.0. The van der Waals surface area contributed by atoms with Crippen molar-refractivity contribution in [1.82, 2.24) is 0 Å². The van der Waals surface area contributed by atoms with Gasteiger partial charge in [-0.15, -0.1) is 11.8 Å². The maximum atomic E-state index is 14.3. The number of halogens is 2. The predicted octanol–water partition coefficient (Wildman–Crippen LogP) is 8.76. The van der Waals surface area contributed by atoms with Crippen LogP contribution >= 0.6 is 11.8 Å². The Morgan fingerprint density at radius 3 is 1.58 bits per heavy atom. The van der Waals surface area contributed by atoms with Crippen LogP contribution in [0.25, 0.3) is 0 Å². The van der Waals surface area contributed by atoms with Gasteiger partial charge in [-0.05, 0) is 49.9 Å². The minimum absolute atomic E-state index is 0.226. The van der Waals surface area contributed by atoms with E-state index in [9.17, 15) is 18.7 Å². The highest BCUT2D eigenvalue weighted by molar-refractivity contribution is 8.00. The molecule has 1 unspecified atom stereocenters. The summed E-state index contributed by atoms with van der Waals surface area (Å²) in [5, 5.41) is 9.65. The minimum Gasteiger partial charge on any atom is -0.379 e. The second kappa shape index (κ2) is 21.3. The molecule has 52 heavy (non-hydrogen) atoms. The summed E-state index contributed by atoms with van der Waals surface area (Å²) in [4.78, 5) is 10.9. The number of aliphatic hydroxyl groups is 1. The van der Waals surface area contributed by atoms with Crippen molar-refractivity contribution in [1.29, 1.82) is 0 Å². The average Bonchev–Trinajstić information content (AvgIpc) is 3.41. The van der Waals surface area contributed by atoms with E-state index in [0.29, 0.717) is 39.3 Å². The molecule has 1 aliphatic rings. The van der Waals surface area contributed by atoms with Gasteiger partial charge in [-0.1, -0.05) is 126 Å². The van der Waals surface area contributed by atoms with Crippen molar-refractivity contribution in [3.8, 4) is 0 Å². The number of thioether (sulfide) groups is 1. The van der Waals surface area contributed by atoms with E-state index < -0.39 is 30.0 Å². The monoisotopic (exact) mass is 734 g/mol. The molecule has 280 valence electrons. The standard InChI is InChI=1S/C22H27FO3.C21H25FO3S/c1-16-4-8-19(9-5-16)14-25-13-18(3)22(21(23)12-24)26-15-20-10-6-17(2)7-11-20;1-14-3-7-16(8-4-14)11-24-13-18-20(19(22)21(23)26-18)25-12-17-9-5-15(2)6-10-17/h4-12,18,21-22H,13-15H2,1-3H3;3-10,18-21,23H,11-13H2,1-2H3/t18-,21+,22+;18-,19+,20-,21?/m01/s1. The fourth-order valence-corrected chi connectivity index (χ4v) is 6.77. The Kier molecular flexibility index (Phi) is 16.9. The summed E-state index contributed by atoms with van der Waals surface area (Å²) in [6.45, 7) is 12.1. The smallest absolute Gasteiger partial charge is 0.181 e. The summed E-state index contributed by atoms with van der Waals surface area (Å²) in [6.07, 6.45) is -4.27. The van der Waals surface area contributed by atoms with Crippen LogP contribution in [-0.2, 0) is 50.2 Å². The Bertz CT molecular complexity index is 1600. The Labute approximate surface area is 311 Å². The van der Waals surface area contributed by atoms with E-state index >= 15 is 0 Å². The van der Waals surface area contributed by atoms with Crippen LogP contribution in [0.2, 0.25) is 0 Å². The van der Waals surface area contributed by atoms with E-state index in [1.165, 1.54) is 28.5 Å². The van der Waals surface area contributed by atoms with Crippen molar-refractivity contribution in [2.24, 2.45) is 5.92 Å². The topological polar surface area (TPSA) is 74.2 Å². The van der Waals surface area contributed by atoms with Crippen LogP contribution in [0.4, 0.5) is 8.78 Å². The molecule has 0 aromatic heterocycles. The van der Waals surface area contributed by atoms with E-state index in [0.717, 1.165) is 27.8 Å². The van der Waals surface area contributed by atoms with Crippen LogP contribution in [0, 0.1) is 33.6 Å². The van der Waals surface area contributed by atoms with Gasteiger partial charge in [0, 0.05) is 5.92 Å². The molecule has 5 rings (SSSR count). The number of hydrogen-bond acceptors (Lipinski definition) is 7. The van der Waals surface area contributed by atoms with Crippen molar-refractivity contribution in [3.05, 3.63) is 142 Å². The first-order valence-electron chi connectivity index (χ1n) is 17.7. The maximum absolute atomic E-state index is 14.3. The normalized spacial score (nSPS) is 20.1. The molecule has 0 amide bonds. The van der Waals surface area contributed by atoms with E-state index in [1.807, 2.05) is 132 Å². The Morgan fingerprint density at radius 2 is 1.12 bits per heavy atom. The number of carbonyl (C=O) groups excluding carboxylic acids is 1. The van der Waals surface area contributed by atoms with E-state index in [-0.39, 0.29) is 17.8 Å². The molecule has 1 saturated heterocycles. The van der Waals surface area contributed by atoms with E-state index in [1.54, 1.807) is 0 Å². The highest BCUT2D eigenvalue weighted by atomic mass is 32.2. The molecule has 0 radical (unpaired) electrons. The van der Waals surface area contributed by atoms with Crippen molar-refractivity contribution >= 4 is 18.0 Å². The summed E-state index contributed by atoms with van der Waals surface area (Å²) in [7, 11) is 0. The van der Waals surface area contributed by atoms with Crippen LogP contribution < -0.4 is 0 Å². The third-order valence-electron chi connectivity index (χ3n) is 8.84. The molecule has 1 N–H and O–H groups in total. The lowest BCUT2D eigenvalue weighted by molar-refractivity contribution is -0.123. The van der Waals surface area contributed by atoms with Gasteiger partial charge in [0.05, 0.1) is 44.9 Å². The highest BCUT2D eigenvalue weighted by Gasteiger charge is 2.44. The van der Waals surface area contributed by atoms with Gasteiger partial charge in [-0.3, -0.25) is 0 Å². The zero-order valence-corrected chi connectivity index (χ0v) is 31.6. The van der Waals surface area contributed by atoms with Gasteiger partial charge in [-0.25, -0.2) is 8.78 Å². The molecule has 0 aliphatic carbocycles. The third kappa shape index (κ3) is 13.5. The molecule has 0 saturated carbocycles. The number of alkyl halides is 2. The number of ether oxygens (including phenoxy) is 4. The van der Waals surface area contributed by atoms with Crippen molar-refractivity contribution < 1.29 is 37.6 Å². The number of rotatable bonds is 17. The first-order valence-corrected chi connectivity index (χ1v) is 18.6. The van der Waals surface area contributed by atoms with Crippen LogP contribution in [0.15, 0.2) is 97.1 Å². The van der Waals surface area contributed by atoms with Crippen LogP contribution in [0.1, 0.15) is 51.4 Å². The summed E-state index contributed by atoms with van der Waals surface area (Å²) in [5.41, 5.74) is 7.74. The zero-order valence-electron chi connectivity index (χ0n) is 30.8. The fraction of sp³-hybridized carbons (Fsp3) is 0.419. The summed E-state index contributed by atoms with van der Waals surface area (Å²) < 4.78 is 51.4. The van der Waals surface area contributed by atoms with Crippen LogP contribution in [-0.4, -0.2) is 59.8 Å². The van der Waals surface area contributed by atoms with Crippen molar-refractivity contribution in [2.75, 3.05) is 13.2 Å². The second-order valence-corrected chi connectivity index (χ2v) is 15.0. The van der Waals surface area contributed by atoms with Crippen LogP contribution in [0.3, 0.4) is 0 Å². The molecule has 0 bridgehead atoms. The largest absolute Gasteiger partial charge is 0.379 e. The molecule has 9 heteroatoms. The molecule has 7 atom stereocenters. The number of carbonyl (C=O) groups is 1. The van der Waals surface area contributed by atoms with Gasteiger partial charge < -0.3 is 28.8 Å². The predicted molar refractivity (Wildman–Crippen MR) is 204 cm³/mol. The Balaban J connectivity index is 0.000000233. The SMILES string of the molecule is Cc1ccc(COC[C@H](C)[C@@H](OCc2ccc(C)cc2)[C@H](F)C=O)cc1.Cc1ccc(COC[C@H]2SC(O)[C@@H](F)[C@@H]2OCc2ccc(C)cc2)cc1. The van der Waals surface area contributed by atoms with Gasteiger partial charge in [-0.2, -0.15) is 0 Å². The summed E-state index contributed by atoms with van der Waals surface area (Å²) >= 11 is 1.19. The molecule has 0 spiro atoms. The lowest BCUT2D eigenvalue weighted by Crippen LogP contribution is -2.35. The van der Waals surface area contributed by atoms with E-state index in [2.05, 4.69) is 0 Å². The minimum atomic E-state index is -1.67. The Morgan fingerprint density at radius 1 is 0.692 bits per heavy atom. The fourth-order valence-electron chi connectivity index (χ4n) is 5.55. The number of aldehydes is 1. The second-order valence-electron chi connectivity index (χ2n) is 13.6. The van der Waals surface area contributed by atoms with Gasteiger partial charge in [0.1, 0.15) is 17.6 Å². The van der Waals surface area contributed by atoms with Gasteiger partial charge in [0.25, 0.3) is 0 Å². The number of hydrogen-bond donors (Lipinski definition) is 1. The van der Waals surface area contributed by atoms with Crippen molar-refractivity contribution in [2.45, 2.75) is 96.3 Å². The molecule has 6 nitrogen and oxygen atoms in total. The zero-order chi connectivity index (χ0) is 37.5. The molecule has 1 aliphatic heterocycles. The molecule has 4 aromatic rings. The van der Waals surface area contributed by atoms with Crippen molar-refractivity contribution in [3.63, 3.8) is 0 Å². The summed E-state index contributed by atoms with van der Waals surface area (Å²) in [6, 6.07) is 32.0. The molecular weight excluding hydrogens is 683 g/mol. The molecular formula is C43H52F2O6S. The maximum Gasteiger partial charge on any atom is 0.181 e.